The Kier molecular flexibility index (Phi) is 54.9. The van der Waals surface area contributed by atoms with Crippen molar-refractivity contribution in [2.24, 2.45) is 5.73 Å². The number of hydrogen-bond acceptors (Lipinski definition) is 29. The third-order valence-electron chi connectivity index (χ3n) is 17.8. The zero-order valence-electron chi connectivity index (χ0n) is 81.5. The average Bonchev–Trinajstić information content (AvgIpc) is 0.901. The second kappa shape index (κ2) is 58.9. The molecule has 0 aromatic rings. The third-order valence-corrected chi connectivity index (χ3v) is 17.8. The predicted octanol–water partition coefficient (Wildman–Crippen LogP) is 7.71. The molecule has 8 amide bonds. The molecule has 0 aromatic heterocycles. The van der Waals surface area contributed by atoms with Gasteiger partial charge in [0.2, 0.25) is 47.3 Å². The summed E-state index contributed by atoms with van der Waals surface area (Å²) in [6.45, 7) is 41.3. The van der Waals surface area contributed by atoms with Crippen LogP contribution in [-0.2, 0) is 115 Å². The molecule has 37 heteroatoms. The Labute approximate surface area is 760 Å². The average molecular weight is 1830 g/mol. The standard InChI is InChI=1S/C91H163N11O26/c1-84(2,3)121-73(110)51-44-62(80(117)125-88(13,14)15)98-68(105)37-29-25-33-55-93-66(103)49-42-60(78(115)95-57-35-27-31-39-70(107)100-64(82(119)127-90(19,20)21)46-53-75(112)123-86(7,8)9)97-72(109)48-41-59(92)77(114)102-61(79(116)96-58-36-28-32-40-71(108)101-65(83(120)128-91(22,23)24)47-54-76(113)124-87(10,11)12)43-50-67(104)94-56-34-26-30-38-69(106)99-63(81(118)126-89(16,17)18)45-52-74(111)122-85(4,5)6/h59-65,77,79,96,102,114,116H,25-58,92H2,1-24H3,(H,93,103)(H,94,104)(H,95,115)(H,97,109)(H,98,105)(H,99,106)(H,100,107)(H,101,108). The number of esters is 8. The van der Waals surface area contributed by atoms with Crippen molar-refractivity contribution in [3.05, 3.63) is 0 Å². The number of rotatable bonds is 60. The minimum absolute atomic E-state index is 0.00194. The molecule has 128 heavy (non-hydrogen) atoms. The molecule has 0 fully saturated rings. The highest BCUT2D eigenvalue weighted by Gasteiger charge is 2.35. The van der Waals surface area contributed by atoms with Crippen molar-refractivity contribution in [2.75, 3.05) is 26.2 Å². The highest BCUT2D eigenvalue weighted by atomic mass is 16.6. The van der Waals surface area contributed by atoms with E-state index in [0.29, 0.717) is 77.0 Å². The van der Waals surface area contributed by atoms with E-state index in [4.69, 9.17) is 43.6 Å². The minimum atomic E-state index is -1.61. The van der Waals surface area contributed by atoms with Crippen LogP contribution in [0, 0.1) is 0 Å². The van der Waals surface area contributed by atoms with E-state index in [0.717, 1.165) is 0 Å². The van der Waals surface area contributed by atoms with Crippen molar-refractivity contribution >= 4 is 95.0 Å². The van der Waals surface area contributed by atoms with E-state index >= 15 is 0 Å². The Morgan fingerprint density at radius 3 is 0.766 bits per heavy atom. The van der Waals surface area contributed by atoms with Crippen LogP contribution in [0.2, 0.25) is 0 Å². The minimum Gasteiger partial charge on any atom is -0.460 e. The van der Waals surface area contributed by atoms with E-state index in [-0.39, 0.29) is 142 Å². The predicted molar refractivity (Wildman–Crippen MR) is 479 cm³/mol. The van der Waals surface area contributed by atoms with Crippen LogP contribution >= 0.6 is 0 Å². The fourth-order valence-corrected chi connectivity index (χ4v) is 12.1. The van der Waals surface area contributed by atoms with E-state index in [9.17, 15) is 86.9 Å². The van der Waals surface area contributed by atoms with E-state index in [1.165, 1.54) is 0 Å². The van der Waals surface area contributed by atoms with Gasteiger partial charge in [0.1, 0.15) is 87.5 Å². The number of unbranched alkanes of at least 4 members (excludes halogenated alkanes) is 8. The van der Waals surface area contributed by atoms with E-state index in [1.54, 1.807) is 166 Å². The number of hydrogen-bond donors (Lipinski definition) is 13. The van der Waals surface area contributed by atoms with E-state index in [2.05, 4.69) is 53.2 Å². The van der Waals surface area contributed by atoms with Gasteiger partial charge in [0.05, 0.1) is 0 Å². The molecule has 0 bridgehead atoms. The summed E-state index contributed by atoms with van der Waals surface area (Å²) in [5.41, 5.74) is -0.0130. The lowest BCUT2D eigenvalue weighted by Crippen LogP contribution is -2.56. The molecule has 9 atom stereocenters. The maximum Gasteiger partial charge on any atom is 0.329 e. The lowest BCUT2D eigenvalue weighted by Gasteiger charge is -2.30. The molecular formula is C91H163N11O26. The summed E-state index contributed by atoms with van der Waals surface area (Å²) in [5, 5.41) is 51.0. The lowest BCUT2D eigenvalue weighted by molar-refractivity contribution is -0.161. The van der Waals surface area contributed by atoms with E-state index in [1.807, 2.05) is 0 Å². The SMILES string of the molecule is CC(C)(C)OC(=O)CCC(NC(=O)CCCCCNC(=O)CCC(NC(=O)CCC(N)C(O)NC(CCC(=O)NCCCCCC(=O)NC(CCC(=O)OC(C)(C)C)C(=O)OC(C)(C)C)C(O)NCCCCCC(=O)NC(CCC(=O)OC(C)(C)C)C(=O)OC(C)(C)C)C(=O)NCCCCCC(=O)NC(CCC(=O)OC(C)(C)C)C(=O)OC(C)(C)C)C(=O)OC(C)(C)C. The normalized spacial score (nSPS) is 14.3. The van der Waals surface area contributed by atoms with Gasteiger partial charge in [0, 0.05) is 102 Å². The number of aliphatic hydroxyl groups is 2. The Balaban J connectivity index is 6.57. The molecule has 0 saturated heterocycles. The summed E-state index contributed by atoms with van der Waals surface area (Å²) in [6, 6.07) is -8.02. The van der Waals surface area contributed by atoms with Gasteiger partial charge in [0.25, 0.3) is 0 Å². The van der Waals surface area contributed by atoms with Crippen LogP contribution in [0.1, 0.15) is 359 Å². The summed E-state index contributed by atoms with van der Waals surface area (Å²) >= 11 is 0. The van der Waals surface area contributed by atoms with Gasteiger partial charge in [-0.15, -0.1) is 0 Å². The summed E-state index contributed by atoms with van der Waals surface area (Å²) in [6.07, 6.45) is -0.0877. The van der Waals surface area contributed by atoms with Gasteiger partial charge in [-0.25, -0.2) is 19.2 Å². The van der Waals surface area contributed by atoms with Crippen molar-refractivity contribution in [1.29, 1.82) is 0 Å². The number of amides is 8. The fraction of sp³-hybridized carbons (Fsp3) is 0.824. The molecule has 0 aromatic carbocycles. The molecule has 0 saturated carbocycles. The second-order valence-corrected chi connectivity index (χ2v) is 40.4. The van der Waals surface area contributed by atoms with Crippen LogP contribution in [0.15, 0.2) is 0 Å². The van der Waals surface area contributed by atoms with Crippen LogP contribution in [0.5, 0.6) is 0 Å². The van der Waals surface area contributed by atoms with Gasteiger partial charge in [-0.05, 0) is 269 Å². The first-order valence-corrected chi connectivity index (χ1v) is 45.5. The van der Waals surface area contributed by atoms with Crippen molar-refractivity contribution in [3.63, 3.8) is 0 Å². The molecule has 0 aliphatic heterocycles. The monoisotopic (exact) mass is 1830 g/mol. The number of nitrogens with one attached hydrogen (secondary N) is 10. The fourth-order valence-electron chi connectivity index (χ4n) is 12.1. The first-order valence-electron chi connectivity index (χ1n) is 45.5. The first-order chi connectivity index (χ1) is 58.8. The third kappa shape index (κ3) is 66.7. The highest BCUT2D eigenvalue weighted by Crippen LogP contribution is 2.22. The van der Waals surface area contributed by atoms with Crippen molar-refractivity contribution in [3.8, 4) is 0 Å². The summed E-state index contributed by atoms with van der Waals surface area (Å²) < 4.78 is 43.6. The second-order valence-electron chi connectivity index (χ2n) is 40.4. The Morgan fingerprint density at radius 1 is 0.250 bits per heavy atom. The van der Waals surface area contributed by atoms with E-state index < -0.39 is 195 Å². The van der Waals surface area contributed by atoms with Crippen LogP contribution in [0.3, 0.4) is 0 Å². The van der Waals surface area contributed by atoms with Crippen molar-refractivity contribution < 1.29 is 125 Å². The smallest absolute Gasteiger partial charge is 0.329 e. The Hall–Kier alpha value is -8.68. The molecule has 0 spiro atoms. The number of carbonyl (C=O) groups excluding carboxylic acids is 16. The molecule has 9 unspecified atom stereocenters. The van der Waals surface area contributed by atoms with Gasteiger partial charge in [-0.2, -0.15) is 0 Å². The van der Waals surface area contributed by atoms with Gasteiger partial charge >= 0.3 is 47.8 Å². The molecule has 37 nitrogen and oxygen atoms in total. The number of aliphatic hydroxyl groups excluding tert-OH is 2. The van der Waals surface area contributed by atoms with Crippen LogP contribution in [0.4, 0.5) is 0 Å². The molecule has 0 rings (SSSR count). The molecule has 0 heterocycles. The quantitative estimate of drug-likeness (QED) is 0.0120. The lowest BCUT2D eigenvalue weighted by atomic mass is 10.1. The maximum atomic E-state index is 14.0. The molecule has 0 aliphatic carbocycles. The van der Waals surface area contributed by atoms with Gasteiger partial charge in [-0.1, -0.05) is 25.7 Å². The molecule has 0 aliphatic rings. The van der Waals surface area contributed by atoms with Gasteiger partial charge < -0.3 is 96.4 Å². The molecular weight excluding hydrogens is 1660 g/mol. The van der Waals surface area contributed by atoms with Gasteiger partial charge in [-0.3, -0.25) is 68.2 Å². The zero-order chi connectivity index (χ0) is 98.2. The zero-order valence-corrected chi connectivity index (χ0v) is 81.5. The topological polar surface area (TPSA) is 534 Å². The van der Waals surface area contributed by atoms with Crippen molar-refractivity contribution in [2.45, 2.75) is 458 Å². The van der Waals surface area contributed by atoms with Crippen LogP contribution < -0.4 is 58.9 Å². The summed E-state index contributed by atoms with van der Waals surface area (Å²) in [7, 11) is 0. The Morgan fingerprint density at radius 2 is 0.484 bits per heavy atom. The summed E-state index contributed by atoms with van der Waals surface area (Å²) in [5.74, 6) is -9.07. The molecule has 738 valence electrons. The maximum absolute atomic E-state index is 14.0. The first kappa shape index (κ1) is 119. The summed E-state index contributed by atoms with van der Waals surface area (Å²) in [4.78, 5) is 210. The number of nitrogens with two attached hydrogens (primary N) is 1. The Bertz CT molecular complexity index is 3480. The van der Waals surface area contributed by atoms with Crippen molar-refractivity contribution in [1.82, 2.24) is 53.2 Å². The van der Waals surface area contributed by atoms with Crippen LogP contribution in [-0.4, -0.2) is 231 Å². The molecule has 0 radical (unpaired) electrons. The van der Waals surface area contributed by atoms with Crippen LogP contribution in [0.25, 0.3) is 0 Å². The number of ether oxygens (including phenoxy) is 8. The number of carbonyl (C=O) groups is 16. The largest absolute Gasteiger partial charge is 0.460 e. The van der Waals surface area contributed by atoms with Gasteiger partial charge in [0.15, 0.2) is 0 Å². The highest BCUT2D eigenvalue weighted by molar-refractivity contribution is 5.90. The molecule has 14 N–H and O–H groups in total.